The van der Waals surface area contributed by atoms with Crippen molar-refractivity contribution in [3.63, 3.8) is 0 Å². The smallest absolute Gasteiger partial charge is 0.336 e. The summed E-state index contributed by atoms with van der Waals surface area (Å²) in [5.41, 5.74) is 0. The molecule has 1 saturated heterocycles. The molecule has 2 atom stereocenters. The third kappa shape index (κ3) is 5.25. The predicted octanol–water partition coefficient (Wildman–Crippen LogP) is 0.331. The molecule has 0 aromatic heterocycles. The quantitative estimate of drug-likeness (QED) is 0.719. The second-order valence-corrected chi connectivity index (χ2v) is 4.70. The van der Waals surface area contributed by atoms with Gasteiger partial charge in [-0.1, -0.05) is 0 Å². The van der Waals surface area contributed by atoms with E-state index < -0.39 is 30.1 Å². The van der Waals surface area contributed by atoms with Crippen molar-refractivity contribution in [3.05, 3.63) is 0 Å². The molecule has 0 spiro atoms. The number of imide groups is 1. The van der Waals surface area contributed by atoms with Gasteiger partial charge >= 0.3 is 12.0 Å². The molecule has 1 aliphatic heterocycles. The minimum atomic E-state index is -1.03. The van der Waals surface area contributed by atoms with Gasteiger partial charge in [-0.15, -0.1) is 0 Å². The van der Waals surface area contributed by atoms with Crippen molar-refractivity contribution < 1.29 is 23.9 Å². The third-order valence-corrected chi connectivity index (χ3v) is 2.51. The Balaban J connectivity index is 2.35. The Hall–Kier alpha value is -1.63. The van der Waals surface area contributed by atoms with Crippen LogP contribution in [0.3, 0.4) is 0 Å². The molecule has 7 heteroatoms. The van der Waals surface area contributed by atoms with Crippen molar-refractivity contribution in [1.82, 2.24) is 10.6 Å². The molecule has 1 aliphatic rings. The van der Waals surface area contributed by atoms with Crippen LogP contribution in [0.25, 0.3) is 0 Å². The summed E-state index contributed by atoms with van der Waals surface area (Å²) in [5.74, 6) is -1.23. The Bertz CT molecular complexity index is 350. The minimum Gasteiger partial charge on any atom is -0.451 e. The number of hydrogen-bond acceptors (Lipinski definition) is 5. The zero-order valence-corrected chi connectivity index (χ0v) is 11.4. The lowest BCUT2D eigenvalue weighted by atomic mass is 10.2. The molecule has 7 nitrogen and oxygen atoms in total. The SMILES string of the molecule is CC(C)NC(=O)NC(=O)[C@H](C)OC(=O)[C@H]1CCCO1. The molecule has 0 saturated carbocycles. The van der Waals surface area contributed by atoms with Gasteiger partial charge in [0.15, 0.2) is 12.2 Å². The van der Waals surface area contributed by atoms with Gasteiger partial charge in [0.1, 0.15) is 0 Å². The monoisotopic (exact) mass is 272 g/mol. The van der Waals surface area contributed by atoms with Crippen LogP contribution in [0.2, 0.25) is 0 Å². The first-order valence-electron chi connectivity index (χ1n) is 6.33. The van der Waals surface area contributed by atoms with Crippen LogP contribution in [0.1, 0.15) is 33.6 Å². The van der Waals surface area contributed by atoms with Crippen LogP contribution in [0.5, 0.6) is 0 Å². The van der Waals surface area contributed by atoms with Crippen LogP contribution in [-0.4, -0.2) is 42.8 Å². The highest BCUT2D eigenvalue weighted by molar-refractivity contribution is 5.97. The minimum absolute atomic E-state index is 0.0856. The lowest BCUT2D eigenvalue weighted by Crippen LogP contribution is -2.47. The Labute approximate surface area is 112 Å². The van der Waals surface area contributed by atoms with E-state index in [9.17, 15) is 14.4 Å². The van der Waals surface area contributed by atoms with Crippen LogP contribution in [0, 0.1) is 0 Å². The average molecular weight is 272 g/mol. The molecular weight excluding hydrogens is 252 g/mol. The summed E-state index contributed by atoms with van der Waals surface area (Å²) >= 11 is 0. The summed E-state index contributed by atoms with van der Waals surface area (Å²) in [6.45, 7) is 5.47. The van der Waals surface area contributed by atoms with E-state index >= 15 is 0 Å². The number of esters is 1. The molecular formula is C12H20N2O5. The number of carbonyl (C=O) groups excluding carboxylic acids is 3. The van der Waals surface area contributed by atoms with Crippen molar-refractivity contribution in [1.29, 1.82) is 0 Å². The molecule has 0 aromatic carbocycles. The fraction of sp³-hybridized carbons (Fsp3) is 0.750. The van der Waals surface area contributed by atoms with E-state index in [4.69, 9.17) is 9.47 Å². The number of nitrogens with one attached hydrogen (secondary N) is 2. The molecule has 108 valence electrons. The molecule has 0 unspecified atom stereocenters. The molecule has 3 amide bonds. The number of urea groups is 1. The third-order valence-electron chi connectivity index (χ3n) is 2.51. The van der Waals surface area contributed by atoms with Crippen LogP contribution in [-0.2, 0) is 19.1 Å². The van der Waals surface area contributed by atoms with Gasteiger partial charge in [-0.25, -0.2) is 9.59 Å². The first kappa shape index (κ1) is 15.4. The van der Waals surface area contributed by atoms with E-state index in [1.54, 1.807) is 13.8 Å². The Morgan fingerprint density at radius 1 is 1.26 bits per heavy atom. The van der Waals surface area contributed by atoms with Crippen molar-refractivity contribution in [3.8, 4) is 0 Å². The summed E-state index contributed by atoms with van der Waals surface area (Å²) in [6.07, 6.45) is -0.229. The molecule has 1 fully saturated rings. The number of rotatable bonds is 4. The highest BCUT2D eigenvalue weighted by atomic mass is 16.6. The van der Waals surface area contributed by atoms with Gasteiger partial charge in [0.2, 0.25) is 0 Å². The van der Waals surface area contributed by atoms with Gasteiger partial charge in [0.25, 0.3) is 5.91 Å². The predicted molar refractivity (Wildman–Crippen MR) is 66.3 cm³/mol. The maximum absolute atomic E-state index is 11.6. The Kier molecular flexibility index (Phi) is 5.75. The number of hydrogen-bond donors (Lipinski definition) is 2. The van der Waals surface area contributed by atoms with Gasteiger partial charge in [-0.05, 0) is 33.6 Å². The first-order chi connectivity index (χ1) is 8.90. The highest BCUT2D eigenvalue weighted by Crippen LogP contribution is 2.14. The molecule has 19 heavy (non-hydrogen) atoms. The Morgan fingerprint density at radius 3 is 2.47 bits per heavy atom. The topological polar surface area (TPSA) is 93.7 Å². The average Bonchev–Trinajstić information content (AvgIpc) is 2.80. The second-order valence-electron chi connectivity index (χ2n) is 4.70. The van der Waals surface area contributed by atoms with Gasteiger partial charge in [-0.2, -0.15) is 0 Å². The largest absolute Gasteiger partial charge is 0.451 e. The van der Waals surface area contributed by atoms with Crippen LogP contribution in [0.4, 0.5) is 4.79 Å². The normalized spacial score (nSPS) is 19.9. The molecule has 1 heterocycles. The Morgan fingerprint density at radius 2 is 1.95 bits per heavy atom. The zero-order valence-electron chi connectivity index (χ0n) is 11.4. The van der Waals surface area contributed by atoms with Crippen LogP contribution < -0.4 is 10.6 Å². The van der Waals surface area contributed by atoms with Crippen molar-refractivity contribution in [2.45, 2.75) is 51.9 Å². The van der Waals surface area contributed by atoms with Crippen LogP contribution >= 0.6 is 0 Å². The van der Waals surface area contributed by atoms with E-state index in [1.165, 1.54) is 6.92 Å². The van der Waals surface area contributed by atoms with E-state index in [-0.39, 0.29) is 6.04 Å². The summed E-state index contributed by atoms with van der Waals surface area (Å²) < 4.78 is 10.1. The van der Waals surface area contributed by atoms with Crippen molar-refractivity contribution >= 4 is 17.9 Å². The van der Waals surface area contributed by atoms with E-state index in [0.29, 0.717) is 13.0 Å². The number of carbonyl (C=O) groups is 3. The maximum atomic E-state index is 11.6. The fourth-order valence-corrected chi connectivity index (χ4v) is 1.58. The standard InChI is InChI=1S/C12H20N2O5/c1-7(2)13-12(17)14-10(15)8(3)19-11(16)9-5-4-6-18-9/h7-9H,4-6H2,1-3H3,(H2,13,14,15,17)/t8-,9+/m0/s1. The number of ether oxygens (including phenoxy) is 2. The summed E-state index contributed by atoms with van der Waals surface area (Å²) in [5, 5.41) is 4.60. The van der Waals surface area contributed by atoms with E-state index in [0.717, 1.165) is 6.42 Å². The summed E-state index contributed by atoms with van der Waals surface area (Å²) in [4.78, 5) is 34.5. The van der Waals surface area contributed by atoms with Gasteiger partial charge in [-0.3, -0.25) is 10.1 Å². The van der Waals surface area contributed by atoms with E-state index in [2.05, 4.69) is 10.6 Å². The summed E-state index contributed by atoms with van der Waals surface area (Å²) in [7, 11) is 0. The maximum Gasteiger partial charge on any atom is 0.336 e. The van der Waals surface area contributed by atoms with Gasteiger partial charge in [0, 0.05) is 12.6 Å². The van der Waals surface area contributed by atoms with Crippen molar-refractivity contribution in [2.24, 2.45) is 0 Å². The van der Waals surface area contributed by atoms with Crippen molar-refractivity contribution in [2.75, 3.05) is 6.61 Å². The summed E-state index contributed by atoms with van der Waals surface area (Å²) in [6, 6.07) is -0.697. The molecule has 0 aromatic rings. The molecule has 0 radical (unpaired) electrons. The molecule has 0 aliphatic carbocycles. The zero-order chi connectivity index (χ0) is 14.4. The van der Waals surface area contributed by atoms with E-state index in [1.807, 2.05) is 0 Å². The lowest BCUT2D eigenvalue weighted by molar-refractivity contribution is -0.163. The second kappa shape index (κ2) is 7.08. The number of amides is 3. The molecule has 0 bridgehead atoms. The van der Waals surface area contributed by atoms with Gasteiger partial charge < -0.3 is 14.8 Å². The fourth-order valence-electron chi connectivity index (χ4n) is 1.58. The first-order valence-corrected chi connectivity index (χ1v) is 6.33. The van der Waals surface area contributed by atoms with Crippen LogP contribution in [0.15, 0.2) is 0 Å². The van der Waals surface area contributed by atoms with Gasteiger partial charge in [0.05, 0.1) is 0 Å². The molecule has 1 rings (SSSR count). The highest BCUT2D eigenvalue weighted by Gasteiger charge is 2.28. The molecule has 2 N–H and O–H groups in total. The lowest BCUT2D eigenvalue weighted by Gasteiger charge is -2.16.